The van der Waals surface area contributed by atoms with Gasteiger partial charge in [-0.15, -0.1) is 0 Å². The predicted molar refractivity (Wildman–Crippen MR) is 107 cm³/mol. The highest BCUT2D eigenvalue weighted by Crippen LogP contribution is 2.28. The number of carbonyl (C=O) groups is 1. The van der Waals surface area contributed by atoms with Crippen molar-refractivity contribution in [2.45, 2.75) is 33.2 Å². The fourth-order valence-corrected chi connectivity index (χ4v) is 3.30. The molecular formula is C22H24N2O2. The van der Waals surface area contributed by atoms with Crippen molar-refractivity contribution in [2.24, 2.45) is 0 Å². The first-order chi connectivity index (χ1) is 12.4. The average Bonchev–Trinajstić information content (AvgIpc) is 2.66. The van der Waals surface area contributed by atoms with Gasteiger partial charge in [-0.05, 0) is 48.7 Å². The summed E-state index contributed by atoms with van der Waals surface area (Å²) in [5.41, 5.74) is 3.41. The minimum absolute atomic E-state index is 0.0187. The van der Waals surface area contributed by atoms with E-state index in [0.717, 1.165) is 22.2 Å². The Bertz CT molecular complexity index is 1000. The van der Waals surface area contributed by atoms with Gasteiger partial charge in [0.05, 0.1) is 5.52 Å². The van der Waals surface area contributed by atoms with E-state index < -0.39 is 0 Å². The summed E-state index contributed by atoms with van der Waals surface area (Å²) in [5, 5.41) is 1.02. The summed E-state index contributed by atoms with van der Waals surface area (Å²) in [6.45, 7) is 6.74. The summed E-state index contributed by atoms with van der Waals surface area (Å²) in [6.07, 6.45) is 0. The summed E-state index contributed by atoms with van der Waals surface area (Å²) < 4.78 is 1.77. The maximum absolute atomic E-state index is 12.7. The van der Waals surface area contributed by atoms with E-state index in [2.05, 4.69) is 13.8 Å². The van der Waals surface area contributed by atoms with E-state index >= 15 is 0 Å². The molecule has 0 unspecified atom stereocenters. The number of rotatable bonds is 4. The molecule has 0 aliphatic carbocycles. The van der Waals surface area contributed by atoms with Crippen LogP contribution in [0.3, 0.4) is 0 Å². The third kappa shape index (κ3) is 3.15. The second-order valence-corrected chi connectivity index (χ2v) is 6.77. The number of aromatic nitrogens is 1. The van der Waals surface area contributed by atoms with E-state index in [-0.39, 0.29) is 17.4 Å². The van der Waals surface area contributed by atoms with Crippen LogP contribution in [0.5, 0.6) is 0 Å². The van der Waals surface area contributed by atoms with Crippen molar-refractivity contribution in [3.05, 3.63) is 76.1 Å². The van der Waals surface area contributed by atoms with Crippen LogP contribution >= 0.6 is 0 Å². The standard InChI is InChI=1S/C22H24N2O2/c1-5-24-20-12-11-17(13-19(20)18(15(2)3)14-21(24)25)23(4)22(26)16-9-7-6-8-10-16/h6-15H,5H2,1-4H3. The average molecular weight is 348 g/mol. The summed E-state index contributed by atoms with van der Waals surface area (Å²) in [4.78, 5) is 26.8. The maximum atomic E-state index is 12.7. The number of hydrogen-bond acceptors (Lipinski definition) is 2. The SMILES string of the molecule is CCn1c(=O)cc(C(C)C)c2cc(N(C)C(=O)c3ccccc3)ccc21. The van der Waals surface area contributed by atoms with E-state index in [4.69, 9.17) is 0 Å². The van der Waals surface area contributed by atoms with E-state index in [1.54, 1.807) is 22.6 Å². The van der Waals surface area contributed by atoms with E-state index in [0.29, 0.717) is 12.1 Å². The molecule has 0 atom stereocenters. The molecule has 3 rings (SSSR count). The molecule has 0 aliphatic heterocycles. The van der Waals surface area contributed by atoms with Crippen molar-refractivity contribution in [1.29, 1.82) is 0 Å². The van der Waals surface area contributed by atoms with Crippen LogP contribution in [0.2, 0.25) is 0 Å². The van der Waals surface area contributed by atoms with Gasteiger partial charge in [0, 0.05) is 36.3 Å². The highest BCUT2D eigenvalue weighted by atomic mass is 16.2. The molecule has 0 N–H and O–H groups in total. The molecule has 3 aromatic rings. The monoisotopic (exact) mass is 348 g/mol. The molecule has 2 aromatic carbocycles. The first-order valence-electron chi connectivity index (χ1n) is 8.94. The fourth-order valence-electron chi connectivity index (χ4n) is 3.30. The van der Waals surface area contributed by atoms with Crippen molar-refractivity contribution < 1.29 is 4.79 Å². The first-order valence-corrected chi connectivity index (χ1v) is 8.94. The summed E-state index contributed by atoms with van der Waals surface area (Å²) >= 11 is 0. The van der Waals surface area contributed by atoms with Crippen LogP contribution in [-0.4, -0.2) is 17.5 Å². The zero-order valence-electron chi connectivity index (χ0n) is 15.7. The van der Waals surface area contributed by atoms with Gasteiger partial charge in [-0.25, -0.2) is 0 Å². The highest BCUT2D eigenvalue weighted by Gasteiger charge is 2.16. The number of anilines is 1. The lowest BCUT2D eigenvalue weighted by atomic mass is 9.98. The molecule has 1 amide bonds. The van der Waals surface area contributed by atoms with Gasteiger partial charge < -0.3 is 9.47 Å². The Kier molecular flexibility index (Phi) is 4.94. The molecule has 0 bridgehead atoms. The number of fused-ring (bicyclic) bond motifs is 1. The molecule has 1 aromatic heterocycles. The largest absolute Gasteiger partial charge is 0.311 e. The summed E-state index contributed by atoms with van der Waals surface area (Å²) in [7, 11) is 1.78. The second kappa shape index (κ2) is 7.16. The zero-order chi connectivity index (χ0) is 18.8. The van der Waals surface area contributed by atoms with E-state index in [1.807, 2.05) is 55.5 Å². The van der Waals surface area contributed by atoms with Crippen molar-refractivity contribution in [1.82, 2.24) is 4.57 Å². The Morgan fingerprint density at radius 2 is 1.77 bits per heavy atom. The first kappa shape index (κ1) is 17.9. The molecule has 4 heteroatoms. The molecule has 26 heavy (non-hydrogen) atoms. The normalized spacial score (nSPS) is 11.1. The molecule has 0 saturated heterocycles. The van der Waals surface area contributed by atoms with Crippen molar-refractivity contribution in [2.75, 3.05) is 11.9 Å². The number of pyridine rings is 1. The van der Waals surface area contributed by atoms with E-state index in [9.17, 15) is 9.59 Å². The Balaban J connectivity index is 2.14. The maximum Gasteiger partial charge on any atom is 0.258 e. The Hall–Kier alpha value is -2.88. The molecule has 0 saturated carbocycles. The lowest BCUT2D eigenvalue weighted by Gasteiger charge is -2.20. The van der Waals surface area contributed by atoms with Gasteiger partial charge in [-0.3, -0.25) is 9.59 Å². The topological polar surface area (TPSA) is 42.3 Å². The number of benzene rings is 2. The van der Waals surface area contributed by atoms with Gasteiger partial charge in [-0.2, -0.15) is 0 Å². The van der Waals surface area contributed by atoms with Gasteiger partial charge in [0.25, 0.3) is 11.5 Å². The van der Waals surface area contributed by atoms with Crippen LogP contribution in [0, 0.1) is 0 Å². The molecule has 0 spiro atoms. The van der Waals surface area contributed by atoms with Crippen LogP contribution in [0.1, 0.15) is 42.6 Å². The summed E-state index contributed by atoms with van der Waals surface area (Å²) in [6, 6.07) is 16.8. The van der Waals surface area contributed by atoms with Crippen LogP contribution in [0.4, 0.5) is 5.69 Å². The van der Waals surface area contributed by atoms with Crippen LogP contribution in [0.15, 0.2) is 59.4 Å². The van der Waals surface area contributed by atoms with Crippen molar-refractivity contribution in [3.8, 4) is 0 Å². The van der Waals surface area contributed by atoms with Crippen LogP contribution < -0.4 is 10.5 Å². The second-order valence-electron chi connectivity index (χ2n) is 6.77. The molecule has 4 nitrogen and oxygen atoms in total. The Morgan fingerprint density at radius 1 is 1.08 bits per heavy atom. The van der Waals surface area contributed by atoms with Crippen LogP contribution in [0.25, 0.3) is 10.9 Å². The molecule has 1 heterocycles. The number of nitrogens with zero attached hydrogens (tertiary/aromatic N) is 2. The zero-order valence-corrected chi connectivity index (χ0v) is 15.7. The molecule has 134 valence electrons. The minimum atomic E-state index is -0.0557. The van der Waals surface area contributed by atoms with Gasteiger partial charge in [0.2, 0.25) is 0 Å². The van der Waals surface area contributed by atoms with E-state index in [1.165, 1.54) is 0 Å². The lowest BCUT2D eigenvalue weighted by molar-refractivity contribution is 0.0993. The van der Waals surface area contributed by atoms with Gasteiger partial charge >= 0.3 is 0 Å². The van der Waals surface area contributed by atoms with Gasteiger partial charge in [0.15, 0.2) is 0 Å². The van der Waals surface area contributed by atoms with Crippen molar-refractivity contribution in [3.63, 3.8) is 0 Å². The fraction of sp³-hybridized carbons (Fsp3) is 0.273. The molecule has 0 radical (unpaired) electrons. The quantitative estimate of drug-likeness (QED) is 0.700. The third-order valence-corrected chi connectivity index (χ3v) is 4.78. The van der Waals surface area contributed by atoms with Crippen molar-refractivity contribution >= 4 is 22.5 Å². The number of carbonyl (C=O) groups excluding carboxylic acids is 1. The molecular weight excluding hydrogens is 324 g/mol. The minimum Gasteiger partial charge on any atom is -0.311 e. The number of amides is 1. The van der Waals surface area contributed by atoms with Gasteiger partial charge in [0.1, 0.15) is 0 Å². The Labute approximate surface area is 153 Å². The smallest absolute Gasteiger partial charge is 0.258 e. The molecule has 0 fully saturated rings. The predicted octanol–water partition coefficient (Wildman–Crippen LogP) is 4.42. The van der Waals surface area contributed by atoms with Crippen LogP contribution in [-0.2, 0) is 6.54 Å². The summed E-state index contributed by atoms with van der Waals surface area (Å²) in [5.74, 6) is 0.168. The number of aryl methyl sites for hydroxylation is 1. The van der Waals surface area contributed by atoms with Gasteiger partial charge in [-0.1, -0.05) is 32.0 Å². The lowest BCUT2D eigenvalue weighted by Crippen LogP contribution is -2.26. The molecule has 0 aliphatic rings. The third-order valence-electron chi connectivity index (χ3n) is 4.78. The Morgan fingerprint density at radius 3 is 2.38 bits per heavy atom. The number of hydrogen-bond donors (Lipinski definition) is 0. The highest BCUT2D eigenvalue weighted by molar-refractivity contribution is 6.06.